The molecular weight excluding hydrogens is 322 g/mol. The van der Waals surface area contributed by atoms with Gasteiger partial charge in [0, 0.05) is 0 Å². The average Bonchev–Trinajstić information content (AvgIpc) is 2.69. The summed E-state index contributed by atoms with van der Waals surface area (Å²) in [6, 6.07) is 12.2. The fourth-order valence-electron chi connectivity index (χ4n) is 3.31. The molecule has 0 bridgehead atoms. The first-order valence-corrected chi connectivity index (χ1v) is 9.75. The van der Waals surface area contributed by atoms with Crippen LogP contribution in [0.25, 0.3) is 5.57 Å². The van der Waals surface area contributed by atoms with E-state index in [-0.39, 0.29) is 5.57 Å². The van der Waals surface area contributed by atoms with Crippen molar-refractivity contribution in [3.05, 3.63) is 53.1 Å². The number of nitriles is 1. The van der Waals surface area contributed by atoms with Crippen LogP contribution >= 0.6 is 0 Å². The quantitative estimate of drug-likeness (QED) is 0.336. The number of nitrogens with zero attached hydrogens (tertiary/aromatic N) is 1. The number of unbranched alkanes of at least 4 members (excludes halogenated alkanes) is 1. The maximum Gasteiger partial charge on any atom is 0.349 e. The lowest BCUT2D eigenvalue weighted by molar-refractivity contribution is -0.140. The van der Waals surface area contributed by atoms with Crippen molar-refractivity contribution in [2.45, 2.75) is 58.8 Å². The Morgan fingerprint density at radius 3 is 2.65 bits per heavy atom. The van der Waals surface area contributed by atoms with Crippen molar-refractivity contribution in [3.8, 4) is 6.07 Å². The zero-order valence-electron chi connectivity index (χ0n) is 16.0. The molecule has 2 rings (SSSR count). The van der Waals surface area contributed by atoms with E-state index >= 15 is 0 Å². The van der Waals surface area contributed by atoms with Gasteiger partial charge in [0.2, 0.25) is 0 Å². The van der Waals surface area contributed by atoms with Crippen molar-refractivity contribution in [2.24, 2.45) is 5.92 Å². The Labute approximate surface area is 157 Å². The van der Waals surface area contributed by atoms with Crippen molar-refractivity contribution in [1.29, 1.82) is 5.26 Å². The summed E-state index contributed by atoms with van der Waals surface area (Å²) >= 11 is 0. The fraction of sp³-hybridized carbons (Fsp3) is 0.478. The number of esters is 1. The van der Waals surface area contributed by atoms with Gasteiger partial charge in [-0.2, -0.15) is 5.26 Å². The zero-order valence-corrected chi connectivity index (χ0v) is 16.0. The Kier molecular flexibility index (Phi) is 8.15. The summed E-state index contributed by atoms with van der Waals surface area (Å²) in [5.41, 5.74) is 3.32. The number of ether oxygens (including phenoxy) is 1. The smallest absolute Gasteiger partial charge is 0.349 e. The van der Waals surface area contributed by atoms with Crippen LogP contribution in [0.2, 0.25) is 0 Å². The number of allylic oxidation sites excluding steroid dienone is 3. The number of carbonyl (C=O) groups excluding carboxylic acids is 1. The summed E-state index contributed by atoms with van der Waals surface area (Å²) < 4.78 is 5.49. The van der Waals surface area contributed by atoms with E-state index in [9.17, 15) is 10.1 Å². The summed E-state index contributed by atoms with van der Waals surface area (Å²) in [4.78, 5) is 12.5. The van der Waals surface area contributed by atoms with Crippen LogP contribution in [0, 0.1) is 17.2 Å². The lowest BCUT2D eigenvalue weighted by Gasteiger charge is -2.18. The predicted molar refractivity (Wildman–Crippen MR) is 105 cm³/mol. The average molecular weight is 351 g/mol. The minimum absolute atomic E-state index is 0.170. The number of rotatable bonds is 8. The molecule has 0 saturated carbocycles. The standard InChI is InChI=1S/C23H29NO2/c1-3-5-10-18(4-2)17-26-23(25)22(16-24)21-14-9-13-20(15-21)19-11-7-6-8-12-19/h6-8,11-12,15,18H,3-5,9-10,13-14,17H2,1-2H3. The summed E-state index contributed by atoms with van der Waals surface area (Å²) in [7, 11) is 0. The van der Waals surface area contributed by atoms with Crippen LogP contribution in [0.3, 0.4) is 0 Å². The molecule has 1 aromatic rings. The molecule has 0 aliphatic heterocycles. The Morgan fingerprint density at radius 1 is 1.23 bits per heavy atom. The molecule has 0 amide bonds. The van der Waals surface area contributed by atoms with E-state index in [0.29, 0.717) is 12.5 Å². The predicted octanol–water partition coefficient (Wildman–Crippen LogP) is 5.83. The molecule has 1 aliphatic carbocycles. The maximum atomic E-state index is 12.5. The number of hydrogen-bond acceptors (Lipinski definition) is 3. The first kappa shape index (κ1) is 20.0. The van der Waals surface area contributed by atoms with Crippen molar-refractivity contribution in [1.82, 2.24) is 0 Å². The third-order valence-corrected chi connectivity index (χ3v) is 5.02. The van der Waals surface area contributed by atoms with E-state index in [1.807, 2.05) is 24.3 Å². The molecule has 3 heteroatoms. The topological polar surface area (TPSA) is 50.1 Å². The zero-order chi connectivity index (χ0) is 18.8. The summed E-state index contributed by atoms with van der Waals surface area (Å²) in [5, 5.41) is 9.53. The minimum atomic E-state index is -0.469. The van der Waals surface area contributed by atoms with Gasteiger partial charge in [0.25, 0.3) is 0 Å². The number of hydrogen-bond donors (Lipinski definition) is 0. The van der Waals surface area contributed by atoms with Gasteiger partial charge in [0.05, 0.1) is 6.61 Å². The molecule has 0 heterocycles. The van der Waals surface area contributed by atoms with E-state index in [2.05, 4.69) is 32.0 Å². The first-order valence-electron chi connectivity index (χ1n) is 9.75. The third-order valence-electron chi connectivity index (χ3n) is 5.02. The van der Waals surface area contributed by atoms with Gasteiger partial charge in [-0.1, -0.05) is 69.5 Å². The van der Waals surface area contributed by atoms with Gasteiger partial charge >= 0.3 is 5.97 Å². The highest BCUT2D eigenvalue weighted by Gasteiger charge is 2.20. The SMILES string of the molecule is CCCCC(CC)COC(=O)C(C#N)=C1C=C(c2ccccc2)CCC1. The highest BCUT2D eigenvalue weighted by Crippen LogP contribution is 2.31. The van der Waals surface area contributed by atoms with Crippen LogP contribution in [-0.2, 0) is 9.53 Å². The van der Waals surface area contributed by atoms with Gasteiger partial charge in [-0.05, 0) is 48.3 Å². The molecule has 0 spiro atoms. The number of carbonyl (C=O) groups is 1. The molecular formula is C23H29NO2. The molecule has 3 nitrogen and oxygen atoms in total. The molecule has 138 valence electrons. The molecule has 0 aromatic heterocycles. The lowest BCUT2D eigenvalue weighted by Crippen LogP contribution is -2.16. The fourth-order valence-corrected chi connectivity index (χ4v) is 3.31. The van der Waals surface area contributed by atoms with Crippen LogP contribution in [0.4, 0.5) is 0 Å². The Hall–Kier alpha value is -2.34. The lowest BCUT2D eigenvalue weighted by atomic mass is 9.88. The second kappa shape index (κ2) is 10.6. The van der Waals surface area contributed by atoms with Crippen LogP contribution < -0.4 is 0 Å². The first-order chi connectivity index (χ1) is 12.7. The Balaban J connectivity index is 2.12. The highest BCUT2D eigenvalue weighted by atomic mass is 16.5. The van der Waals surface area contributed by atoms with Gasteiger partial charge in [0.1, 0.15) is 11.6 Å². The van der Waals surface area contributed by atoms with E-state index < -0.39 is 5.97 Å². The third kappa shape index (κ3) is 5.59. The molecule has 1 aromatic carbocycles. The van der Waals surface area contributed by atoms with E-state index in [1.165, 1.54) is 5.57 Å². The van der Waals surface area contributed by atoms with Crippen molar-refractivity contribution in [2.75, 3.05) is 6.61 Å². The minimum Gasteiger partial charge on any atom is -0.461 e. The normalized spacial score (nSPS) is 17.0. The van der Waals surface area contributed by atoms with Crippen LogP contribution in [0.5, 0.6) is 0 Å². The van der Waals surface area contributed by atoms with Gasteiger partial charge in [0.15, 0.2) is 0 Å². The van der Waals surface area contributed by atoms with Gasteiger partial charge in [-0.25, -0.2) is 4.79 Å². The van der Waals surface area contributed by atoms with Crippen LogP contribution in [-0.4, -0.2) is 12.6 Å². The molecule has 0 N–H and O–H groups in total. The summed E-state index contributed by atoms with van der Waals surface area (Å²) in [6.45, 7) is 4.69. The van der Waals surface area contributed by atoms with E-state index in [4.69, 9.17) is 4.74 Å². The van der Waals surface area contributed by atoms with Gasteiger partial charge < -0.3 is 4.74 Å². The molecule has 0 fully saturated rings. The summed E-state index contributed by atoms with van der Waals surface area (Å²) in [6.07, 6.45) is 9.02. The number of benzene rings is 1. The van der Waals surface area contributed by atoms with Crippen LogP contribution in [0.15, 0.2) is 47.6 Å². The molecule has 0 saturated heterocycles. The van der Waals surface area contributed by atoms with Gasteiger partial charge in [-0.3, -0.25) is 0 Å². The van der Waals surface area contributed by atoms with Crippen molar-refractivity contribution >= 4 is 11.5 Å². The van der Waals surface area contributed by atoms with E-state index in [0.717, 1.165) is 56.1 Å². The second-order valence-corrected chi connectivity index (χ2v) is 6.92. The molecule has 1 aliphatic rings. The second-order valence-electron chi connectivity index (χ2n) is 6.92. The summed E-state index contributed by atoms with van der Waals surface area (Å²) in [5.74, 6) is -0.0892. The van der Waals surface area contributed by atoms with Crippen LogP contribution in [0.1, 0.15) is 64.4 Å². The largest absolute Gasteiger partial charge is 0.461 e. The van der Waals surface area contributed by atoms with Crippen molar-refractivity contribution in [3.63, 3.8) is 0 Å². The molecule has 1 atom stereocenters. The van der Waals surface area contributed by atoms with Crippen molar-refractivity contribution < 1.29 is 9.53 Å². The monoisotopic (exact) mass is 351 g/mol. The van der Waals surface area contributed by atoms with Gasteiger partial charge in [-0.15, -0.1) is 0 Å². The molecule has 1 unspecified atom stereocenters. The Bertz CT molecular complexity index is 695. The molecule has 26 heavy (non-hydrogen) atoms. The Morgan fingerprint density at radius 2 is 2.00 bits per heavy atom. The maximum absolute atomic E-state index is 12.5. The molecule has 0 radical (unpaired) electrons. The highest BCUT2D eigenvalue weighted by molar-refractivity contribution is 5.95. The van der Waals surface area contributed by atoms with E-state index in [1.54, 1.807) is 0 Å².